The predicted octanol–water partition coefficient (Wildman–Crippen LogP) is 4.32. The minimum Gasteiger partial charge on any atom is -0.507 e. The molecule has 4 nitrogen and oxygen atoms in total. The molecule has 0 aliphatic rings. The molecule has 2 N–H and O–H groups in total. The monoisotopic (exact) mass is 332 g/mol. The average Bonchev–Trinajstić information content (AvgIpc) is 2.58. The van der Waals surface area contributed by atoms with Gasteiger partial charge in [-0.05, 0) is 49.2 Å². The fourth-order valence-electron chi connectivity index (χ4n) is 2.88. The highest BCUT2D eigenvalue weighted by Crippen LogP contribution is 2.24. The molecule has 0 spiro atoms. The van der Waals surface area contributed by atoms with Crippen molar-refractivity contribution in [1.29, 1.82) is 0 Å². The number of phenols is 1. The third-order valence-electron chi connectivity index (χ3n) is 4.21. The van der Waals surface area contributed by atoms with E-state index in [1.807, 2.05) is 57.2 Å². The molecule has 3 aromatic carbocycles. The standard InChI is InChI=1S/C21H20N2O2/c1-13-8-9-18(14(2)10-13)15(3)22-23-21(25)19-11-16-6-4-5-7-17(16)12-20(19)24/h4-12,24H,1-3H3,(H,23,25)/b22-15+. The van der Waals surface area contributed by atoms with Gasteiger partial charge in [-0.2, -0.15) is 5.10 Å². The summed E-state index contributed by atoms with van der Waals surface area (Å²) in [5.41, 5.74) is 6.71. The van der Waals surface area contributed by atoms with Crippen LogP contribution in [0.1, 0.15) is 34.0 Å². The number of hydrogen-bond donors (Lipinski definition) is 2. The van der Waals surface area contributed by atoms with Gasteiger partial charge in [-0.25, -0.2) is 5.43 Å². The van der Waals surface area contributed by atoms with Crippen LogP contribution >= 0.6 is 0 Å². The Labute approximate surface area is 146 Å². The first kappa shape index (κ1) is 16.7. The van der Waals surface area contributed by atoms with Gasteiger partial charge in [0.25, 0.3) is 5.91 Å². The molecule has 0 heterocycles. The fraction of sp³-hybridized carbons (Fsp3) is 0.143. The third kappa shape index (κ3) is 3.53. The van der Waals surface area contributed by atoms with Gasteiger partial charge in [0.2, 0.25) is 0 Å². The molecule has 126 valence electrons. The number of hydrazone groups is 1. The van der Waals surface area contributed by atoms with E-state index >= 15 is 0 Å². The van der Waals surface area contributed by atoms with Crippen molar-refractivity contribution < 1.29 is 9.90 Å². The molecular formula is C21H20N2O2. The number of rotatable bonds is 3. The van der Waals surface area contributed by atoms with Gasteiger partial charge in [-0.1, -0.05) is 48.0 Å². The van der Waals surface area contributed by atoms with Crippen LogP contribution in [0.15, 0.2) is 59.7 Å². The lowest BCUT2D eigenvalue weighted by atomic mass is 10.0. The zero-order valence-corrected chi connectivity index (χ0v) is 14.5. The van der Waals surface area contributed by atoms with Crippen molar-refractivity contribution in [1.82, 2.24) is 5.43 Å². The van der Waals surface area contributed by atoms with Crippen LogP contribution in [0, 0.1) is 13.8 Å². The number of nitrogens with one attached hydrogen (secondary N) is 1. The van der Waals surface area contributed by atoms with E-state index in [4.69, 9.17) is 0 Å². The summed E-state index contributed by atoms with van der Waals surface area (Å²) < 4.78 is 0. The van der Waals surface area contributed by atoms with Crippen LogP contribution in [0.3, 0.4) is 0 Å². The van der Waals surface area contributed by atoms with Crippen LogP contribution in [0.4, 0.5) is 0 Å². The number of carbonyl (C=O) groups is 1. The smallest absolute Gasteiger partial charge is 0.275 e. The number of hydrogen-bond acceptors (Lipinski definition) is 3. The lowest BCUT2D eigenvalue weighted by Crippen LogP contribution is -2.19. The first-order valence-electron chi connectivity index (χ1n) is 8.10. The molecule has 0 radical (unpaired) electrons. The highest BCUT2D eigenvalue weighted by atomic mass is 16.3. The maximum absolute atomic E-state index is 12.4. The Morgan fingerprint density at radius 2 is 1.64 bits per heavy atom. The summed E-state index contributed by atoms with van der Waals surface area (Å²) in [6, 6.07) is 16.9. The number of carbonyl (C=O) groups excluding carboxylic acids is 1. The summed E-state index contributed by atoms with van der Waals surface area (Å²) in [4.78, 5) is 12.4. The summed E-state index contributed by atoms with van der Waals surface area (Å²) >= 11 is 0. The molecule has 0 aliphatic heterocycles. The third-order valence-corrected chi connectivity index (χ3v) is 4.21. The lowest BCUT2D eigenvalue weighted by molar-refractivity contribution is 0.0952. The molecule has 25 heavy (non-hydrogen) atoms. The van der Waals surface area contributed by atoms with Crippen molar-refractivity contribution in [2.75, 3.05) is 0 Å². The summed E-state index contributed by atoms with van der Waals surface area (Å²) in [6.45, 7) is 5.89. The molecule has 0 aliphatic carbocycles. The second-order valence-electron chi connectivity index (χ2n) is 6.17. The van der Waals surface area contributed by atoms with E-state index in [1.54, 1.807) is 12.1 Å². The quantitative estimate of drug-likeness (QED) is 0.554. The largest absolute Gasteiger partial charge is 0.507 e. The zero-order chi connectivity index (χ0) is 18.0. The first-order valence-corrected chi connectivity index (χ1v) is 8.10. The minimum absolute atomic E-state index is 0.0597. The lowest BCUT2D eigenvalue weighted by Gasteiger charge is -2.08. The van der Waals surface area contributed by atoms with E-state index in [0.717, 1.165) is 21.9 Å². The van der Waals surface area contributed by atoms with Gasteiger partial charge in [0.1, 0.15) is 5.75 Å². The molecule has 0 atom stereocenters. The van der Waals surface area contributed by atoms with Crippen molar-refractivity contribution in [3.05, 3.63) is 76.9 Å². The van der Waals surface area contributed by atoms with E-state index in [9.17, 15) is 9.90 Å². The Balaban J connectivity index is 1.85. The summed E-state index contributed by atoms with van der Waals surface area (Å²) in [5.74, 6) is -0.497. The summed E-state index contributed by atoms with van der Waals surface area (Å²) in [7, 11) is 0. The topological polar surface area (TPSA) is 61.7 Å². The van der Waals surface area contributed by atoms with Crippen molar-refractivity contribution in [2.45, 2.75) is 20.8 Å². The molecule has 3 aromatic rings. The van der Waals surface area contributed by atoms with E-state index in [0.29, 0.717) is 5.71 Å². The van der Waals surface area contributed by atoms with Crippen LogP contribution in [0.25, 0.3) is 10.8 Å². The minimum atomic E-state index is -0.438. The molecule has 1 amide bonds. The van der Waals surface area contributed by atoms with Crippen molar-refractivity contribution in [3.63, 3.8) is 0 Å². The molecule has 0 bridgehead atoms. The number of aryl methyl sites for hydroxylation is 2. The highest BCUT2D eigenvalue weighted by Gasteiger charge is 2.12. The number of fused-ring (bicyclic) bond motifs is 1. The van der Waals surface area contributed by atoms with Crippen LogP contribution < -0.4 is 5.43 Å². The molecule has 0 saturated carbocycles. The summed E-state index contributed by atoms with van der Waals surface area (Å²) in [6.07, 6.45) is 0. The van der Waals surface area contributed by atoms with Crippen molar-refractivity contribution in [2.24, 2.45) is 5.10 Å². The van der Waals surface area contributed by atoms with Gasteiger partial charge < -0.3 is 5.11 Å². The van der Waals surface area contributed by atoms with Crippen LogP contribution in [-0.4, -0.2) is 16.7 Å². The fourth-order valence-corrected chi connectivity index (χ4v) is 2.88. The van der Waals surface area contributed by atoms with Crippen LogP contribution in [-0.2, 0) is 0 Å². The second kappa shape index (κ2) is 6.77. The van der Waals surface area contributed by atoms with E-state index in [2.05, 4.69) is 16.6 Å². The molecule has 0 unspecified atom stereocenters. The molecule has 0 saturated heterocycles. The van der Waals surface area contributed by atoms with Gasteiger partial charge in [-0.3, -0.25) is 4.79 Å². The predicted molar refractivity (Wildman–Crippen MR) is 101 cm³/mol. The zero-order valence-electron chi connectivity index (χ0n) is 14.5. The Morgan fingerprint density at radius 1 is 0.960 bits per heavy atom. The molecule has 0 aromatic heterocycles. The Bertz CT molecular complexity index is 990. The number of benzene rings is 3. The first-order chi connectivity index (χ1) is 12.0. The Kier molecular flexibility index (Phi) is 4.52. The number of phenolic OH excluding ortho intramolecular Hbond substituents is 1. The van der Waals surface area contributed by atoms with Crippen LogP contribution in [0.2, 0.25) is 0 Å². The SMILES string of the molecule is C/C(=N\NC(=O)c1cc2ccccc2cc1O)c1ccc(C)cc1C. The maximum atomic E-state index is 12.4. The average molecular weight is 332 g/mol. The van der Waals surface area contributed by atoms with E-state index in [-0.39, 0.29) is 11.3 Å². The van der Waals surface area contributed by atoms with Gasteiger partial charge in [0, 0.05) is 5.56 Å². The normalized spacial score (nSPS) is 11.6. The Morgan fingerprint density at radius 3 is 2.32 bits per heavy atom. The maximum Gasteiger partial charge on any atom is 0.275 e. The van der Waals surface area contributed by atoms with E-state index in [1.165, 1.54) is 5.56 Å². The van der Waals surface area contributed by atoms with Crippen molar-refractivity contribution in [3.8, 4) is 5.75 Å². The van der Waals surface area contributed by atoms with Gasteiger partial charge in [-0.15, -0.1) is 0 Å². The highest BCUT2D eigenvalue weighted by molar-refractivity contribution is 6.04. The number of nitrogens with zero attached hydrogens (tertiary/aromatic N) is 1. The van der Waals surface area contributed by atoms with E-state index < -0.39 is 5.91 Å². The van der Waals surface area contributed by atoms with Crippen molar-refractivity contribution >= 4 is 22.4 Å². The molecular weight excluding hydrogens is 312 g/mol. The van der Waals surface area contributed by atoms with Gasteiger partial charge in [0.05, 0.1) is 11.3 Å². The number of aromatic hydroxyl groups is 1. The van der Waals surface area contributed by atoms with Crippen LogP contribution in [0.5, 0.6) is 5.75 Å². The molecule has 0 fully saturated rings. The summed E-state index contributed by atoms with van der Waals surface area (Å²) in [5, 5.41) is 16.1. The Hall–Kier alpha value is -3.14. The second-order valence-corrected chi connectivity index (χ2v) is 6.17. The van der Waals surface area contributed by atoms with Gasteiger partial charge in [0.15, 0.2) is 0 Å². The van der Waals surface area contributed by atoms with Gasteiger partial charge >= 0.3 is 0 Å². The number of amides is 1. The molecule has 3 rings (SSSR count). The molecule has 4 heteroatoms.